The standard InChI is InChI=1S/C8H6ClNO/c9-6-2-1-5-3-8(11)10-7(5)4-6/h1-2,4H,3H2,(H,10,11)/p+2. The van der Waals surface area contributed by atoms with Crippen molar-refractivity contribution in [2.45, 2.75) is 6.42 Å². The monoisotopic (exact) mass is 169 g/mol. The SMILES string of the molecule is [OH+]=C1Cc2ccc(Cl)cc2[NH2+]1. The van der Waals surface area contributed by atoms with Gasteiger partial charge in [-0.25, -0.2) is 10.1 Å². The third-order valence-corrected chi connectivity index (χ3v) is 2.04. The van der Waals surface area contributed by atoms with E-state index >= 15 is 0 Å². The third-order valence-electron chi connectivity index (χ3n) is 1.80. The van der Waals surface area contributed by atoms with E-state index in [1.54, 1.807) is 5.32 Å². The molecule has 0 unspecified atom stereocenters. The van der Waals surface area contributed by atoms with Gasteiger partial charge < -0.3 is 0 Å². The molecule has 0 saturated heterocycles. The Morgan fingerprint density at radius 2 is 2.27 bits per heavy atom. The van der Waals surface area contributed by atoms with Gasteiger partial charge in [0.1, 0.15) is 5.69 Å². The summed E-state index contributed by atoms with van der Waals surface area (Å²) in [5.41, 5.74) is 2.18. The highest BCUT2D eigenvalue weighted by Crippen LogP contribution is 2.19. The number of benzene rings is 1. The lowest BCUT2D eigenvalue weighted by Crippen LogP contribution is -2.80. The third kappa shape index (κ3) is 1.15. The van der Waals surface area contributed by atoms with E-state index in [-0.39, 0.29) is 0 Å². The summed E-state index contributed by atoms with van der Waals surface area (Å²) in [4.78, 5) is 9.16. The predicted octanol–water partition coefficient (Wildman–Crippen LogP) is 0.593. The van der Waals surface area contributed by atoms with Gasteiger partial charge in [0.15, 0.2) is 6.42 Å². The van der Waals surface area contributed by atoms with Gasteiger partial charge in [-0.2, -0.15) is 0 Å². The summed E-state index contributed by atoms with van der Waals surface area (Å²) in [5.74, 6) is 0.419. The molecule has 0 atom stereocenters. The number of quaternary nitrogens is 1. The molecule has 2 nitrogen and oxygen atoms in total. The molecule has 1 aliphatic rings. The molecule has 1 heterocycles. The van der Waals surface area contributed by atoms with Crippen LogP contribution in [-0.4, -0.2) is 10.7 Å². The number of fused-ring (bicyclic) bond motifs is 1. The van der Waals surface area contributed by atoms with Crippen molar-refractivity contribution in [2.24, 2.45) is 0 Å². The van der Waals surface area contributed by atoms with Crippen LogP contribution >= 0.6 is 11.6 Å². The molecule has 2 rings (SSSR count). The van der Waals surface area contributed by atoms with Crippen LogP contribution in [0.4, 0.5) is 5.69 Å². The smallest absolute Gasteiger partial charge is 0.230 e. The van der Waals surface area contributed by atoms with Gasteiger partial charge in [-0.05, 0) is 6.07 Å². The molecule has 0 bridgehead atoms. The van der Waals surface area contributed by atoms with Crippen LogP contribution < -0.4 is 5.32 Å². The van der Waals surface area contributed by atoms with Crippen LogP contribution in [0, 0.1) is 0 Å². The Hall–Kier alpha value is -0.860. The Labute approximate surface area is 69.2 Å². The van der Waals surface area contributed by atoms with Crippen LogP contribution in [0.1, 0.15) is 5.56 Å². The minimum atomic E-state index is 0.419. The van der Waals surface area contributed by atoms with Gasteiger partial charge in [0.05, 0.1) is 0 Å². The molecule has 1 amide bonds. The minimum Gasteiger partial charge on any atom is -0.230 e. The Bertz CT molecular complexity index is 322. The van der Waals surface area contributed by atoms with Crippen molar-refractivity contribution < 1.29 is 10.1 Å². The second-order valence-corrected chi connectivity index (χ2v) is 3.09. The lowest BCUT2D eigenvalue weighted by Gasteiger charge is -1.90. The number of hydrogen-bond acceptors (Lipinski definition) is 0. The van der Waals surface area contributed by atoms with Crippen molar-refractivity contribution in [2.75, 3.05) is 0 Å². The molecule has 0 aromatic heterocycles. The van der Waals surface area contributed by atoms with Crippen molar-refractivity contribution in [1.82, 2.24) is 0 Å². The molecule has 0 saturated carbocycles. The zero-order valence-corrected chi connectivity index (χ0v) is 6.60. The van der Waals surface area contributed by atoms with E-state index in [2.05, 4.69) is 0 Å². The molecule has 0 fully saturated rings. The number of carbonyl (C=O) groups excluding carboxylic acids is 1. The van der Waals surface area contributed by atoms with Gasteiger partial charge in [-0.1, -0.05) is 17.7 Å². The molecule has 0 aliphatic carbocycles. The molecule has 3 heteroatoms. The van der Waals surface area contributed by atoms with Gasteiger partial charge in [0.25, 0.3) is 0 Å². The Balaban J connectivity index is 2.51. The largest absolute Gasteiger partial charge is 0.487 e. The molecule has 3 N–H and O–H groups in total. The highest BCUT2D eigenvalue weighted by atomic mass is 35.5. The van der Waals surface area contributed by atoms with E-state index in [0.717, 1.165) is 16.3 Å². The van der Waals surface area contributed by atoms with Gasteiger partial charge in [0.2, 0.25) is 0 Å². The molecule has 1 aliphatic heterocycles. The first kappa shape index (κ1) is 6.83. The summed E-state index contributed by atoms with van der Waals surface area (Å²) in [5, 5.41) is 2.47. The predicted molar refractivity (Wildman–Crippen MR) is 43.7 cm³/mol. The zero-order chi connectivity index (χ0) is 7.84. The first-order valence-electron chi connectivity index (χ1n) is 3.44. The quantitative estimate of drug-likeness (QED) is 0.436. The van der Waals surface area contributed by atoms with Crippen LogP contribution in [0.5, 0.6) is 0 Å². The Morgan fingerprint density at radius 1 is 1.45 bits per heavy atom. The number of nitrogens with two attached hydrogens (primary N) is 1. The number of amides is 1. The van der Waals surface area contributed by atoms with Crippen molar-refractivity contribution in [1.29, 1.82) is 0 Å². The Morgan fingerprint density at radius 3 is 3.09 bits per heavy atom. The van der Waals surface area contributed by atoms with Crippen molar-refractivity contribution in [3.63, 3.8) is 0 Å². The van der Waals surface area contributed by atoms with E-state index in [9.17, 15) is 0 Å². The maximum absolute atomic E-state index is 9.16. The molecule has 1 aromatic carbocycles. The van der Waals surface area contributed by atoms with Crippen LogP contribution in [0.25, 0.3) is 0 Å². The summed E-state index contributed by atoms with van der Waals surface area (Å²) < 4.78 is 0. The van der Waals surface area contributed by atoms with Crippen LogP contribution in [0.2, 0.25) is 5.02 Å². The highest BCUT2D eigenvalue weighted by Gasteiger charge is 2.28. The summed E-state index contributed by atoms with van der Waals surface area (Å²) in [6.45, 7) is 0. The fraction of sp³-hybridized carbons (Fsp3) is 0.125. The van der Waals surface area contributed by atoms with Gasteiger partial charge in [0, 0.05) is 16.7 Å². The van der Waals surface area contributed by atoms with E-state index in [4.69, 9.17) is 16.4 Å². The maximum Gasteiger partial charge on any atom is 0.487 e. The minimum absolute atomic E-state index is 0.419. The molecule has 0 spiro atoms. The average Bonchev–Trinajstić information content (AvgIpc) is 2.27. The number of hydrogen-bond donors (Lipinski definition) is 1. The molecular formula is C8H8ClNO+2. The fourth-order valence-corrected chi connectivity index (χ4v) is 1.47. The Kier molecular flexibility index (Phi) is 1.44. The second-order valence-electron chi connectivity index (χ2n) is 2.66. The molecule has 11 heavy (non-hydrogen) atoms. The summed E-state index contributed by atoms with van der Waals surface area (Å²) in [6, 6.07) is 5.64. The van der Waals surface area contributed by atoms with Crippen LogP contribution in [0.3, 0.4) is 0 Å². The first-order chi connectivity index (χ1) is 5.25. The normalized spacial score (nSPS) is 15.2. The first-order valence-corrected chi connectivity index (χ1v) is 3.81. The molecule has 0 radical (unpaired) electrons. The van der Waals surface area contributed by atoms with E-state index in [1.165, 1.54) is 0 Å². The van der Waals surface area contributed by atoms with Crippen molar-refractivity contribution in [3.8, 4) is 0 Å². The number of halogens is 1. The summed E-state index contributed by atoms with van der Waals surface area (Å²) in [6.07, 6.45) is 0.645. The van der Waals surface area contributed by atoms with Gasteiger partial charge in [-0.3, -0.25) is 0 Å². The van der Waals surface area contributed by atoms with Crippen LogP contribution in [0.15, 0.2) is 18.2 Å². The van der Waals surface area contributed by atoms with E-state index < -0.39 is 0 Å². The van der Waals surface area contributed by atoms with E-state index in [0.29, 0.717) is 12.3 Å². The maximum atomic E-state index is 9.16. The van der Waals surface area contributed by atoms with Gasteiger partial charge >= 0.3 is 5.91 Å². The lowest BCUT2D eigenvalue weighted by molar-refractivity contribution is -0.447. The van der Waals surface area contributed by atoms with E-state index in [1.807, 2.05) is 18.2 Å². The summed E-state index contributed by atoms with van der Waals surface area (Å²) in [7, 11) is 0. The second kappa shape index (κ2) is 2.32. The number of rotatable bonds is 0. The van der Waals surface area contributed by atoms with Crippen molar-refractivity contribution in [3.05, 3.63) is 28.8 Å². The van der Waals surface area contributed by atoms with Crippen molar-refractivity contribution >= 4 is 23.2 Å². The molecule has 56 valence electrons. The lowest BCUT2D eigenvalue weighted by atomic mass is 10.2. The van der Waals surface area contributed by atoms with Gasteiger partial charge in [-0.15, -0.1) is 0 Å². The number of primary amides is 1. The zero-order valence-electron chi connectivity index (χ0n) is 5.84. The van der Waals surface area contributed by atoms with Crippen LogP contribution in [-0.2, 0) is 6.42 Å². The molecular weight excluding hydrogens is 162 g/mol. The molecule has 1 aromatic rings. The highest BCUT2D eigenvalue weighted by molar-refractivity contribution is 6.30. The topological polar surface area (TPSA) is 38.0 Å². The fourth-order valence-electron chi connectivity index (χ4n) is 1.29. The summed E-state index contributed by atoms with van der Waals surface area (Å²) >= 11 is 5.76. The average molecular weight is 170 g/mol.